The number of hydrogen-bond donors (Lipinski definition) is 0. The molecule has 0 heterocycles. The zero-order valence-electron chi connectivity index (χ0n) is 9.34. The number of ketones is 1. The second-order valence-electron chi connectivity index (χ2n) is 5.29. The van der Waals surface area contributed by atoms with Gasteiger partial charge in [-0.25, -0.2) is 0 Å². The Kier molecular flexibility index (Phi) is 3.31. The van der Waals surface area contributed by atoms with Gasteiger partial charge in [-0.05, 0) is 25.7 Å². The van der Waals surface area contributed by atoms with E-state index in [2.05, 4.69) is 6.07 Å². The predicted octanol–water partition coefficient (Wildman–Crippen LogP) is 2.93. The van der Waals surface area contributed by atoms with Crippen LogP contribution in [0.1, 0.15) is 46.5 Å². The molecule has 0 aromatic heterocycles. The van der Waals surface area contributed by atoms with E-state index >= 15 is 0 Å². The van der Waals surface area contributed by atoms with Gasteiger partial charge in [0.05, 0.1) is 6.07 Å². The van der Waals surface area contributed by atoms with Crippen LogP contribution in [-0.2, 0) is 4.79 Å². The monoisotopic (exact) mass is 193 g/mol. The Labute approximate surface area is 86.3 Å². The van der Waals surface area contributed by atoms with E-state index in [0.29, 0.717) is 5.78 Å². The molecule has 0 aliphatic heterocycles. The summed E-state index contributed by atoms with van der Waals surface area (Å²) in [7, 11) is 0. The molecule has 1 fully saturated rings. The van der Waals surface area contributed by atoms with Crippen LogP contribution < -0.4 is 0 Å². The summed E-state index contributed by atoms with van der Waals surface area (Å²) in [5.41, 5.74) is -0.218. The number of hydrogen-bond acceptors (Lipinski definition) is 2. The van der Waals surface area contributed by atoms with E-state index < -0.39 is 0 Å². The normalized spacial score (nSPS) is 28.1. The standard InChI is InChI=1S/C12H19NO/c1-12(2,3)11(14)10-6-4-9(8-13)5-7-10/h9-10H,4-7H2,1-3H3. The summed E-state index contributed by atoms with van der Waals surface area (Å²) in [5, 5.41) is 8.74. The largest absolute Gasteiger partial charge is 0.299 e. The molecule has 0 amide bonds. The van der Waals surface area contributed by atoms with E-state index in [0.717, 1.165) is 25.7 Å². The zero-order chi connectivity index (χ0) is 10.8. The van der Waals surface area contributed by atoms with Gasteiger partial charge in [0.25, 0.3) is 0 Å². The SMILES string of the molecule is CC(C)(C)C(=O)C1CCC(C#N)CC1. The summed E-state index contributed by atoms with van der Waals surface area (Å²) < 4.78 is 0. The Hall–Kier alpha value is -0.840. The van der Waals surface area contributed by atoms with Crippen LogP contribution in [0.25, 0.3) is 0 Å². The topological polar surface area (TPSA) is 40.9 Å². The van der Waals surface area contributed by atoms with Gasteiger partial charge in [-0.2, -0.15) is 5.26 Å². The van der Waals surface area contributed by atoms with Crippen LogP contribution in [-0.4, -0.2) is 5.78 Å². The lowest BCUT2D eigenvalue weighted by Crippen LogP contribution is -2.31. The Morgan fingerprint density at radius 3 is 2.07 bits per heavy atom. The van der Waals surface area contributed by atoms with Gasteiger partial charge in [0.15, 0.2) is 0 Å². The van der Waals surface area contributed by atoms with Gasteiger partial charge in [-0.3, -0.25) is 4.79 Å². The van der Waals surface area contributed by atoms with Crippen LogP contribution in [0.3, 0.4) is 0 Å². The van der Waals surface area contributed by atoms with Gasteiger partial charge in [0, 0.05) is 17.3 Å². The van der Waals surface area contributed by atoms with Crippen LogP contribution >= 0.6 is 0 Å². The first-order chi connectivity index (χ1) is 6.45. The second-order valence-corrected chi connectivity index (χ2v) is 5.29. The molecule has 0 atom stereocenters. The third kappa shape index (κ3) is 2.57. The number of nitriles is 1. The van der Waals surface area contributed by atoms with Gasteiger partial charge in [0.1, 0.15) is 5.78 Å². The molecular weight excluding hydrogens is 174 g/mol. The molecule has 0 spiro atoms. The van der Waals surface area contributed by atoms with Gasteiger partial charge in [-0.15, -0.1) is 0 Å². The molecule has 0 unspecified atom stereocenters. The Balaban J connectivity index is 2.51. The second kappa shape index (κ2) is 4.13. The van der Waals surface area contributed by atoms with Crippen molar-refractivity contribution in [2.45, 2.75) is 46.5 Å². The molecule has 0 N–H and O–H groups in total. The van der Waals surface area contributed by atoms with Gasteiger partial charge < -0.3 is 0 Å². The molecule has 0 saturated heterocycles. The molecule has 0 aromatic rings. The smallest absolute Gasteiger partial charge is 0.141 e. The lowest BCUT2D eigenvalue weighted by atomic mass is 9.74. The zero-order valence-corrected chi connectivity index (χ0v) is 9.34. The van der Waals surface area contributed by atoms with Crippen molar-refractivity contribution in [3.63, 3.8) is 0 Å². The fourth-order valence-corrected chi connectivity index (χ4v) is 2.10. The molecule has 1 rings (SSSR count). The molecular formula is C12H19NO. The number of carbonyl (C=O) groups is 1. The maximum absolute atomic E-state index is 11.9. The molecule has 0 aromatic carbocycles. The minimum atomic E-state index is -0.218. The first-order valence-electron chi connectivity index (χ1n) is 5.39. The lowest BCUT2D eigenvalue weighted by molar-refractivity contribution is -0.131. The lowest BCUT2D eigenvalue weighted by Gasteiger charge is -2.29. The summed E-state index contributed by atoms with van der Waals surface area (Å²) >= 11 is 0. The average Bonchev–Trinajstić information content (AvgIpc) is 2.15. The fourth-order valence-electron chi connectivity index (χ4n) is 2.10. The summed E-state index contributed by atoms with van der Waals surface area (Å²) in [4.78, 5) is 11.9. The molecule has 14 heavy (non-hydrogen) atoms. The number of carbonyl (C=O) groups excluding carboxylic acids is 1. The molecule has 1 aliphatic rings. The highest BCUT2D eigenvalue weighted by molar-refractivity contribution is 5.86. The van der Waals surface area contributed by atoms with Crippen molar-refractivity contribution in [1.29, 1.82) is 5.26 Å². The average molecular weight is 193 g/mol. The Morgan fingerprint density at radius 1 is 1.21 bits per heavy atom. The van der Waals surface area contributed by atoms with E-state index in [1.165, 1.54) is 0 Å². The number of nitrogens with zero attached hydrogens (tertiary/aromatic N) is 1. The minimum absolute atomic E-state index is 0.194. The van der Waals surface area contributed by atoms with E-state index in [1.807, 2.05) is 20.8 Å². The van der Waals surface area contributed by atoms with Crippen LogP contribution in [0.5, 0.6) is 0 Å². The van der Waals surface area contributed by atoms with Crippen LogP contribution in [0, 0.1) is 28.6 Å². The van der Waals surface area contributed by atoms with Gasteiger partial charge in [0.2, 0.25) is 0 Å². The van der Waals surface area contributed by atoms with Crippen LogP contribution in [0.2, 0.25) is 0 Å². The molecule has 2 heteroatoms. The molecule has 78 valence electrons. The maximum atomic E-state index is 11.9. The van der Waals surface area contributed by atoms with Crippen molar-refractivity contribution < 1.29 is 4.79 Å². The fraction of sp³-hybridized carbons (Fsp3) is 0.833. The molecule has 0 bridgehead atoms. The number of Topliss-reactive ketones (excluding diaryl/α,β-unsaturated/α-hetero) is 1. The summed E-state index contributed by atoms with van der Waals surface area (Å²) in [5.74, 6) is 0.771. The molecule has 2 nitrogen and oxygen atoms in total. The Morgan fingerprint density at radius 2 is 1.71 bits per heavy atom. The maximum Gasteiger partial charge on any atom is 0.141 e. The van der Waals surface area contributed by atoms with E-state index in [4.69, 9.17) is 5.26 Å². The van der Waals surface area contributed by atoms with Gasteiger partial charge in [-0.1, -0.05) is 20.8 Å². The van der Waals surface area contributed by atoms with Crippen molar-refractivity contribution in [3.05, 3.63) is 0 Å². The third-order valence-corrected chi connectivity index (χ3v) is 3.02. The Bertz CT molecular complexity index is 248. The van der Waals surface area contributed by atoms with E-state index in [1.54, 1.807) is 0 Å². The predicted molar refractivity (Wildman–Crippen MR) is 55.5 cm³/mol. The van der Waals surface area contributed by atoms with Crippen molar-refractivity contribution >= 4 is 5.78 Å². The van der Waals surface area contributed by atoms with Crippen LogP contribution in [0.4, 0.5) is 0 Å². The summed E-state index contributed by atoms with van der Waals surface area (Å²) in [6.07, 6.45) is 3.63. The first-order valence-corrected chi connectivity index (χ1v) is 5.39. The highest BCUT2D eigenvalue weighted by atomic mass is 16.1. The minimum Gasteiger partial charge on any atom is -0.299 e. The highest BCUT2D eigenvalue weighted by Gasteiger charge is 2.32. The summed E-state index contributed by atoms with van der Waals surface area (Å²) in [6.45, 7) is 5.93. The number of rotatable bonds is 1. The van der Waals surface area contributed by atoms with E-state index in [-0.39, 0.29) is 17.3 Å². The van der Waals surface area contributed by atoms with Crippen molar-refractivity contribution in [2.75, 3.05) is 0 Å². The van der Waals surface area contributed by atoms with Gasteiger partial charge >= 0.3 is 0 Å². The van der Waals surface area contributed by atoms with Crippen molar-refractivity contribution in [2.24, 2.45) is 17.3 Å². The summed E-state index contributed by atoms with van der Waals surface area (Å²) in [6, 6.07) is 2.29. The highest BCUT2D eigenvalue weighted by Crippen LogP contribution is 2.33. The van der Waals surface area contributed by atoms with Crippen molar-refractivity contribution in [3.8, 4) is 6.07 Å². The third-order valence-electron chi connectivity index (χ3n) is 3.02. The van der Waals surface area contributed by atoms with Crippen molar-refractivity contribution in [1.82, 2.24) is 0 Å². The molecule has 0 radical (unpaired) electrons. The van der Waals surface area contributed by atoms with E-state index in [9.17, 15) is 4.79 Å². The van der Waals surface area contributed by atoms with Crippen LogP contribution in [0.15, 0.2) is 0 Å². The first kappa shape index (κ1) is 11.2. The molecule has 1 saturated carbocycles. The molecule has 1 aliphatic carbocycles. The quantitative estimate of drug-likeness (QED) is 0.642.